The molecule has 0 radical (unpaired) electrons. The topological polar surface area (TPSA) is 0 Å². The molecule has 0 amide bonds. The van der Waals surface area contributed by atoms with Crippen molar-refractivity contribution < 1.29 is 0 Å². The molecule has 14 heavy (non-hydrogen) atoms. The van der Waals surface area contributed by atoms with Gasteiger partial charge in [0.25, 0.3) is 0 Å². The molecular formula is C11H10BrIS. The van der Waals surface area contributed by atoms with E-state index in [2.05, 4.69) is 63.6 Å². The third kappa shape index (κ3) is 1.99. The molecule has 0 aliphatic carbocycles. The number of fused-ring (bicyclic) bond motifs is 1. The lowest BCUT2D eigenvalue weighted by Crippen LogP contribution is -1.79. The highest BCUT2D eigenvalue weighted by atomic mass is 127. The van der Waals surface area contributed by atoms with Gasteiger partial charge in [-0.1, -0.05) is 22.9 Å². The van der Waals surface area contributed by atoms with Crippen molar-refractivity contribution >= 4 is 59.9 Å². The van der Waals surface area contributed by atoms with Gasteiger partial charge in [0, 0.05) is 23.9 Å². The normalized spacial score (nSPS) is 11.1. The number of halogens is 2. The maximum atomic E-state index is 3.50. The van der Waals surface area contributed by atoms with Crippen LogP contribution >= 0.6 is 49.9 Å². The number of aryl methyl sites for hydroxylation is 1. The molecule has 1 heterocycles. The molecule has 0 fully saturated rings. The molecule has 0 aliphatic rings. The van der Waals surface area contributed by atoms with Crippen LogP contribution in [0.15, 0.2) is 18.2 Å². The molecule has 0 unspecified atom stereocenters. The van der Waals surface area contributed by atoms with E-state index in [1.54, 1.807) is 0 Å². The Bertz CT molecular complexity index is 462. The summed E-state index contributed by atoms with van der Waals surface area (Å²) in [5.41, 5.74) is 1.37. The first kappa shape index (κ1) is 10.9. The molecule has 0 saturated heterocycles. The van der Waals surface area contributed by atoms with Crippen LogP contribution in [0.5, 0.6) is 0 Å². The Kier molecular flexibility index (Phi) is 3.50. The summed E-state index contributed by atoms with van der Waals surface area (Å²) in [6.45, 7) is 2.21. The van der Waals surface area contributed by atoms with Gasteiger partial charge in [-0.2, -0.15) is 0 Å². The Morgan fingerprint density at radius 1 is 1.36 bits per heavy atom. The van der Waals surface area contributed by atoms with Gasteiger partial charge in [0.2, 0.25) is 0 Å². The van der Waals surface area contributed by atoms with Crippen LogP contribution in [0.1, 0.15) is 17.4 Å². The predicted molar refractivity (Wildman–Crippen MR) is 76.6 cm³/mol. The summed E-state index contributed by atoms with van der Waals surface area (Å²) in [5.74, 6) is 0. The second-order valence-electron chi connectivity index (χ2n) is 3.19. The highest BCUT2D eigenvalue weighted by Crippen LogP contribution is 2.31. The van der Waals surface area contributed by atoms with Crippen molar-refractivity contribution in [3.63, 3.8) is 0 Å². The molecule has 0 bridgehead atoms. The zero-order valence-electron chi connectivity index (χ0n) is 7.81. The Morgan fingerprint density at radius 3 is 2.79 bits per heavy atom. The van der Waals surface area contributed by atoms with E-state index in [9.17, 15) is 0 Å². The lowest BCUT2D eigenvalue weighted by molar-refractivity contribution is 1.19. The minimum atomic E-state index is 0.943. The molecule has 0 atom stereocenters. The van der Waals surface area contributed by atoms with Crippen molar-refractivity contribution in [2.45, 2.75) is 18.7 Å². The lowest BCUT2D eigenvalue weighted by atomic mass is 10.2. The van der Waals surface area contributed by atoms with Crippen molar-refractivity contribution in [1.29, 1.82) is 0 Å². The minimum absolute atomic E-state index is 0.943. The van der Waals surface area contributed by atoms with Crippen LogP contribution in [-0.4, -0.2) is 0 Å². The Morgan fingerprint density at radius 2 is 2.14 bits per heavy atom. The largest absolute Gasteiger partial charge is 0.140 e. The fourth-order valence-corrected chi connectivity index (χ4v) is 3.90. The first-order valence-corrected chi connectivity index (χ1v) is 7.53. The second-order valence-corrected chi connectivity index (χ2v) is 6.08. The molecule has 2 aromatic rings. The fraction of sp³-hybridized carbons (Fsp3) is 0.273. The van der Waals surface area contributed by atoms with Gasteiger partial charge in [-0.05, 0) is 52.8 Å². The molecule has 0 saturated carbocycles. The molecule has 2 rings (SSSR count). The summed E-state index contributed by atoms with van der Waals surface area (Å²) in [5, 5.41) is 2.36. The predicted octanol–water partition coefficient (Wildman–Crippen LogP) is 4.96. The van der Waals surface area contributed by atoms with Gasteiger partial charge in [0.1, 0.15) is 0 Å². The number of benzene rings is 1. The van der Waals surface area contributed by atoms with Gasteiger partial charge in [-0.15, -0.1) is 11.3 Å². The SMILES string of the molecule is CCc1cc2c(I)cc(CBr)cc2s1. The van der Waals surface area contributed by atoms with Crippen molar-refractivity contribution in [2.75, 3.05) is 0 Å². The molecule has 1 aromatic heterocycles. The van der Waals surface area contributed by atoms with Crippen molar-refractivity contribution in [2.24, 2.45) is 0 Å². The van der Waals surface area contributed by atoms with E-state index in [0.29, 0.717) is 0 Å². The van der Waals surface area contributed by atoms with Crippen molar-refractivity contribution in [3.8, 4) is 0 Å². The molecule has 0 N–H and O–H groups in total. The molecule has 74 valence electrons. The Hall–Kier alpha value is 0.390. The maximum absolute atomic E-state index is 3.50. The van der Waals surface area contributed by atoms with Crippen LogP contribution in [0.2, 0.25) is 0 Å². The number of alkyl halides is 1. The lowest BCUT2D eigenvalue weighted by Gasteiger charge is -1.98. The van der Waals surface area contributed by atoms with Crippen LogP contribution in [0.25, 0.3) is 10.1 Å². The average molecular weight is 381 g/mol. The average Bonchev–Trinajstić information content (AvgIpc) is 2.61. The summed E-state index contributed by atoms with van der Waals surface area (Å²) >= 11 is 7.84. The maximum Gasteiger partial charge on any atom is 0.0359 e. The number of rotatable bonds is 2. The third-order valence-electron chi connectivity index (χ3n) is 2.20. The molecule has 3 heteroatoms. The van der Waals surface area contributed by atoms with Gasteiger partial charge < -0.3 is 0 Å². The van der Waals surface area contributed by atoms with Crippen LogP contribution in [0.4, 0.5) is 0 Å². The minimum Gasteiger partial charge on any atom is -0.140 e. The number of hydrogen-bond donors (Lipinski definition) is 0. The van der Waals surface area contributed by atoms with E-state index in [-0.39, 0.29) is 0 Å². The molecule has 0 aliphatic heterocycles. The van der Waals surface area contributed by atoms with Gasteiger partial charge in [0.05, 0.1) is 0 Å². The van der Waals surface area contributed by atoms with E-state index in [1.165, 1.54) is 24.1 Å². The van der Waals surface area contributed by atoms with Gasteiger partial charge >= 0.3 is 0 Å². The molecule has 1 aromatic carbocycles. The highest BCUT2D eigenvalue weighted by Gasteiger charge is 2.05. The Balaban J connectivity index is 2.67. The standard InChI is InChI=1S/C11H10BrIS/c1-2-8-5-9-10(13)3-7(6-12)4-11(9)14-8/h3-5H,2,6H2,1H3. The third-order valence-corrected chi connectivity index (χ3v) is 4.97. The van der Waals surface area contributed by atoms with Crippen LogP contribution < -0.4 is 0 Å². The van der Waals surface area contributed by atoms with Crippen LogP contribution in [-0.2, 0) is 11.8 Å². The van der Waals surface area contributed by atoms with E-state index in [1.807, 2.05) is 11.3 Å². The summed E-state index contributed by atoms with van der Waals surface area (Å²) in [4.78, 5) is 1.48. The smallest absolute Gasteiger partial charge is 0.0359 e. The van der Waals surface area contributed by atoms with Gasteiger partial charge in [0.15, 0.2) is 0 Å². The van der Waals surface area contributed by atoms with Crippen LogP contribution in [0.3, 0.4) is 0 Å². The summed E-state index contributed by atoms with van der Waals surface area (Å²) in [7, 11) is 0. The highest BCUT2D eigenvalue weighted by molar-refractivity contribution is 14.1. The van der Waals surface area contributed by atoms with E-state index >= 15 is 0 Å². The van der Waals surface area contributed by atoms with Crippen molar-refractivity contribution in [1.82, 2.24) is 0 Å². The molecule has 0 spiro atoms. The quantitative estimate of drug-likeness (QED) is 0.510. The molecular weight excluding hydrogens is 371 g/mol. The van der Waals surface area contributed by atoms with E-state index in [0.717, 1.165) is 11.8 Å². The first-order valence-electron chi connectivity index (χ1n) is 4.51. The monoisotopic (exact) mass is 380 g/mol. The van der Waals surface area contributed by atoms with Gasteiger partial charge in [-0.25, -0.2) is 0 Å². The first-order chi connectivity index (χ1) is 6.74. The summed E-state index contributed by atoms with van der Waals surface area (Å²) in [6.07, 6.45) is 1.14. The Labute approximate surface area is 110 Å². The molecule has 0 nitrogen and oxygen atoms in total. The number of hydrogen-bond acceptors (Lipinski definition) is 1. The van der Waals surface area contributed by atoms with Crippen LogP contribution in [0, 0.1) is 3.57 Å². The zero-order chi connectivity index (χ0) is 10.1. The van der Waals surface area contributed by atoms with E-state index in [4.69, 9.17) is 0 Å². The summed E-state index contributed by atoms with van der Waals surface area (Å²) < 4.78 is 2.79. The summed E-state index contributed by atoms with van der Waals surface area (Å²) in [6, 6.07) is 6.86. The van der Waals surface area contributed by atoms with Gasteiger partial charge in [-0.3, -0.25) is 0 Å². The second kappa shape index (κ2) is 4.49. The fourth-order valence-electron chi connectivity index (χ4n) is 1.45. The number of thiophene rings is 1. The zero-order valence-corrected chi connectivity index (χ0v) is 12.4. The van der Waals surface area contributed by atoms with Crippen molar-refractivity contribution in [3.05, 3.63) is 32.2 Å². The van der Waals surface area contributed by atoms with E-state index < -0.39 is 0 Å².